The van der Waals surface area contributed by atoms with E-state index in [2.05, 4.69) is 19.7 Å². The lowest BCUT2D eigenvalue weighted by Crippen LogP contribution is -2.54. The number of halogens is 1. The number of aromatic amines is 1. The molecule has 0 aromatic carbocycles. The molecule has 0 saturated carbocycles. The van der Waals surface area contributed by atoms with Crippen LogP contribution in [0.25, 0.3) is 0 Å². The van der Waals surface area contributed by atoms with Crippen LogP contribution >= 0.6 is 23.5 Å². The zero-order chi connectivity index (χ0) is 26.2. The van der Waals surface area contributed by atoms with Gasteiger partial charge in [-0.15, -0.1) is 6.58 Å². The molecule has 34 heavy (non-hydrogen) atoms. The molecule has 1 saturated heterocycles. The van der Waals surface area contributed by atoms with Crippen molar-refractivity contribution in [3.8, 4) is 0 Å². The summed E-state index contributed by atoms with van der Waals surface area (Å²) in [5, 5.41) is 21.7. The fourth-order valence-electron chi connectivity index (χ4n) is 3.08. The molecule has 1 aromatic rings. The average Bonchev–Trinajstić information content (AvgIpc) is 2.86. The molecule has 17 nitrogen and oxygen atoms in total. The summed E-state index contributed by atoms with van der Waals surface area (Å²) in [5.74, 6) is 0. The lowest BCUT2D eigenvalue weighted by atomic mass is 9.84. The van der Waals surface area contributed by atoms with Gasteiger partial charge in [-0.3, -0.25) is 18.9 Å². The number of phosphoric acid groups is 3. The van der Waals surface area contributed by atoms with E-state index < -0.39 is 78.0 Å². The minimum Gasteiger partial charge on any atom is -0.387 e. The number of phosphoric ester groups is 1. The molecule has 6 atom stereocenters. The summed E-state index contributed by atoms with van der Waals surface area (Å²) in [6.45, 7) is 0.151. The second-order valence-corrected chi connectivity index (χ2v) is 11.4. The van der Waals surface area contributed by atoms with E-state index in [0.717, 1.165) is 18.3 Å². The molecule has 21 heteroatoms. The second-order valence-electron chi connectivity index (χ2n) is 6.94. The highest BCUT2D eigenvalue weighted by atomic mass is 31.3. The Morgan fingerprint density at radius 3 is 2.32 bits per heavy atom. The van der Waals surface area contributed by atoms with Crippen molar-refractivity contribution in [1.82, 2.24) is 9.55 Å². The maximum absolute atomic E-state index is 14.1. The van der Waals surface area contributed by atoms with Gasteiger partial charge in [-0.2, -0.15) is 8.62 Å². The summed E-state index contributed by atoms with van der Waals surface area (Å²) < 4.78 is 65.5. The van der Waals surface area contributed by atoms with Crippen LogP contribution in [0.3, 0.4) is 0 Å². The van der Waals surface area contributed by atoms with Gasteiger partial charge in [0.2, 0.25) is 0 Å². The minimum absolute atomic E-state index is 0.540. The monoisotopic (exact) mass is 556 g/mol. The van der Waals surface area contributed by atoms with Crippen LogP contribution in [0, 0.1) is 0 Å². The van der Waals surface area contributed by atoms with Crippen LogP contribution in [0.1, 0.15) is 12.6 Å². The van der Waals surface area contributed by atoms with Crippen LogP contribution in [0.2, 0.25) is 0 Å². The third-order valence-corrected chi connectivity index (χ3v) is 8.22. The summed E-state index contributed by atoms with van der Waals surface area (Å²) >= 11 is 0. The highest BCUT2D eigenvalue weighted by Crippen LogP contribution is 2.66. The SMILES string of the molecule is C=CC[C@]1(O)C(n2ccc(=O)[nH]c2=O)O[C@](CF)(COP(=O)(O)OP(=O)(O)OP(=O)(O)O)C1O. The number of aliphatic hydroxyl groups excluding tert-OH is 1. The van der Waals surface area contributed by atoms with E-state index in [1.807, 2.05) is 4.98 Å². The summed E-state index contributed by atoms with van der Waals surface area (Å²) in [4.78, 5) is 61.2. The first-order chi connectivity index (χ1) is 15.4. The van der Waals surface area contributed by atoms with E-state index in [9.17, 15) is 47.7 Å². The van der Waals surface area contributed by atoms with Crippen molar-refractivity contribution >= 4 is 23.5 Å². The Morgan fingerprint density at radius 1 is 1.21 bits per heavy atom. The van der Waals surface area contributed by atoms with Crippen molar-refractivity contribution in [3.63, 3.8) is 0 Å². The highest BCUT2D eigenvalue weighted by Gasteiger charge is 2.64. The normalized spacial score (nSPS) is 31.0. The lowest BCUT2D eigenvalue weighted by Gasteiger charge is -2.32. The molecule has 7 N–H and O–H groups in total. The molecule has 1 aromatic heterocycles. The number of H-pyrrole nitrogens is 1. The Morgan fingerprint density at radius 2 is 1.82 bits per heavy atom. The lowest BCUT2D eigenvalue weighted by molar-refractivity contribution is -0.138. The Kier molecular flexibility index (Phi) is 8.45. The van der Waals surface area contributed by atoms with Gasteiger partial charge in [0.05, 0.1) is 6.61 Å². The molecule has 1 aliphatic heterocycles. The smallest absolute Gasteiger partial charge is 0.387 e. The number of hydrogen-bond acceptors (Lipinski definition) is 11. The predicted molar refractivity (Wildman–Crippen MR) is 106 cm³/mol. The second kappa shape index (κ2) is 9.95. The number of nitrogens with zero attached hydrogens (tertiary/aromatic N) is 1. The third-order valence-electron chi connectivity index (χ3n) is 4.44. The maximum Gasteiger partial charge on any atom is 0.490 e. The van der Waals surface area contributed by atoms with Gasteiger partial charge < -0.3 is 34.5 Å². The molecule has 0 radical (unpaired) electrons. The summed E-state index contributed by atoms with van der Waals surface area (Å²) in [6, 6.07) is 0.840. The number of alkyl halides is 1. The zero-order valence-corrected chi connectivity index (χ0v) is 19.4. The molecular formula is C13H20FN2O15P3. The molecular weight excluding hydrogens is 536 g/mol. The van der Waals surface area contributed by atoms with Crippen LogP contribution in [0.15, 0.2) is 34.5 Å². The first-order valence-electron chi connectivity index (χ1n) is 8.75. The van der Waals surface area contributed by atoms with Gasteiger partial charge in [0.1, 0.15) is 18.4 Å². The molecule has 0 spiro atoms. The number of aliphatic hydroxyl groups is 2. The minimum atomic E-state index is -5.89. The van der Waals surface area contributed by atoms with E-state index in [1.165, 1.54) is 0 Å². The molecule has 4 unspecified atom stereocenters. The molecule has 1 fully saturated rings. The fourth-order valence-corrected chi connectivity index (χ4v) is 6.16. The Bertz CT molecular complexity index is 1180. The number of ether oxygens (including phenoxy) is 1. The molecule has 0 bridgehead atoms. The van der Waals surface area contributed by atoms with Gasteiger partial charge in [0.25, 0.3) is 5.56 Å². The number of aromatic nitrogens is 2. The molecule has 0 amide bonds. The molecule has 1 aliphatic rings. The Labute approximate surface area is 188 Å². The molecule has 2 heterocycles. The van der Waals surface area contributed by atoms with Gasteiger partial charge >= 0.3 is 29.2 Å². The molecule has 0 aliphatic carbocycles. The predicted octanol–water partition coefficient (Wildman–Crippen LogP) is -1.21. The first-order valence-corrected chi connectivity index (χ1v) is 13.3. The number of rotatable bonds is 11. The van der Waals surface area contributed by atoms with Crippen molar-refractivity contribution in [2.24, 2.45) is 0 Å². The third kappa shape index (κ3) is 6.44. The topological polar surface area (TPSA) is 264 Å². The summed E-state index contributed by atoms with van der Waals surface area (Å²) in [6.07, 6.45) is -2.85. The van der Waals surface area contributed by atoms with Crippen molar-refractivity contribution in [1.29, 1.82) is 0 Å². The van der Waals surface area contributed by atoms with E-state index in [1.54, 1.807) is 0 Å². The van der Waals surface area contributed by atoms with Crippen LogP contribution < -0.4 is 11.2 Å². The highest BCUT2D eigenvalue weighted by molar-refractivity contribution is 7.66. The largest absolute Gasteiger partial charge is 0.490 e. The number of nitrogens with one attached hydrogen (secondary N) is 1. The zero-order valence-electron chi connectivity index (χ0n) is 16.7. The Balaban J connectivity index is 2.37. The van der Waals surface area contributed by atoms with Gasteiger partial charge in [-0.05, 0) is 0 Å². The first kappa shape index (κ1) is 28.9. The van der Waals surface area contributed by atoms with E-state index in [4.69, 9.17) is 14.5 Å². The van der Waals surface area contributed by atoms with Crippen molar-refractivity contribution in [2.45, 2.75) is 30.0 Å². The maximum atomic E-state index is 14.1. The van der Waals surface area contributed by atoms with E-state index in [-0.39, 0.29) is 0 Å². The summed E-state index contributed by atoms with van der Waals surface area (Å²) in [5.41, 5.74) is -7.20. The van der Waals surface area contributed by atoms with Crippen LogP contribution in [-0.2, 0) is 31.6 Å². The van der Waals surface area contributed by atoms with Crippen LogP contribution in [0.5, 0.6) is 0 Å². The quantitative estimate of drug-likeness (QED) is 0.124. The number of hydrogen-bond donors (Lipinski definition) is 7. The molecule has 2 rings (SSSR count). The fraction of sp³-hybridized carbons (Fsp3) is 0.538. The standard InChI is InChI=1S/C13H20FN2O15P3/c1-2-4-13(20)9(18)12(6-14,29-10(13)16-5-3-8(17)15-11(16)19)7-28-33(24,25)31-34(26,27)30-32(21,22)23/h2-3,5,9-10,18,20H,1,4,6-7H2,(H,24,25)(H,26,27)(H,15,17,19)(H2,21,22,23)/t9?,10?,12-,13-/m1/s1. The average molecular weight is 556 g/mol. The van der Waals surface area contributed by atoms with Crippen molar-refractivity contribution in [3.05, 3.63) is 45.8 Å². The van der Waals surface area contributed by atoms with E-state index >= 15 is 0 Å². The summed E-state index contributed by atoms with van der Waals surface area (Å²) in [7, 11) is -17.3. The van der Waals surface area contributed by atoms with Gasteiger partial charge in [-0.25, -0.2) is 22.9 Å². The van der Waals surface area contributed by atoms with Crippen molar-refractivity contribution < 1.29 is 65.8 Å². The van der Waals surface area contributed by atoms with Gasteiger partial charge in [0, 0.05) is 18.7 Å². The molecule has 194 valence electrons. The van der Waals surface area contributed by atoms with Gasteiger partial charge in [-0.1, -0.05) is 6.08 Å². The van der Waals surface area contributed by atoms with Crippen LogP contribution in [0.4, 0.5) is 4.39 Å². The van der Waals surface area contributed by atoms with Gasteiger partial charge in [0.15, 0.2) is 11.8 Å². The van der Waals surface area contributed by atoms with Crippen molar-refractivity contribution in [2.75, 3.05) is 13.3 Å². The van der Waals surface area contributed by atoms with E-state index in [0.29, 0.717) is 4.57 Å². The van der Waals surface area contributed by atoms with Crippen LogP contribution in [-0.4, -0.2) is 69.9 Å². The Hall–Kier alpha value is -1.36.